The first-order valence-corrected chi connectivity index (χ1v) is 10.9. The molecule has 1 aromatic heterocycles. The van der Waals surface area contributed by atoms with Gasteiger partial charge in [-0.1, -0.05) is 29.3 Å². The van der Waals surface area contributed by atoms with E-state index >= 15 is 0 Å². The van der Waals surface area contributed by atoms with Crippen molar-refractivity contribution >= 4 is 29.0 Å². The zero-order valence-electron chi connectivity index (χ0n) is 18.0. The first-order valence-electron chi connectivity index (χ1n) is 10.5. The lowest BCUT2D eigenvalue weighted by molar-refractivity contribution is -0.120. The van der Waals surface area contributed by atoms with Crippen LogP contribution in [0, 0.1) is 12.8 Å². The molecule has 0 spiro atoms. The van der Waals surface area contributed by atoms with E-state index in [1.54, 1.807) is 37.7 Å². The first kappa shape index (κ1) is 21.9. The van der Waals surface area contributed by atoms with Crippen LogP contribution in [0.2, 0.25) is 5.02 Å². The zero-order chi connectivity index (χ0) is 22.5. The van der Waals surface area contributed by atoms with Gasteiger partial charge >= 0.3 is 0 Å². The van der Waals surface area contributed by atoms with Crippen molar-refractivity contribution in [1.82, 2.24) is 9.97 Å². The summed E-state index contributed by atoms with van der Waals surface area (Å²) in [5.74, 6) is 2.34. The summed E-state index contributed by atoms with van der Waals surface area (Å²) in [4.78, 5) is 23.7. The number of piperidine rings is 1. The van der Waals surface area contributed by atoms with Crippen LogP contribution in [0.5, 0.6) is 17.4 Å². The summed E-state index contributed by atoms with van der Waals surface area (Å²) in [7, 11) is 1.56. The number of carbonyl (C=O) groups is 1. The van der Waals surface area contributed by atoms with Crippen molar-refractivity contribution in [2.24, 2.45) is 5.92 Å². The van der Waals surface area contributed by atoms with Crippen molar-refractivity contribution in [1.29, 1.82) is 0 Å². The van der Waals surface area contributed by atoms with Gasteiger partial charge in [0.05, 0.1) is 12.1 Å². The highest BCUT2D eigenvalue weighted by Crippen LogP contribution is 2.32. The lowest BCUT2D eigenvalue weighted by atomic mass is 9.96. The molecule has 1 aliphatic rings. The normalized spacial score (nSPS) is 14.2. The third kappa shape index (κ3) is 5.11. The highest BCUT2D eigenvalue weighted by Gasteiger charge is 2.27. The molecule has 1 saturated heterocycles. The topological polar surface area (TPSA) is 76.6 Å². The quantitative estimate of drug-likeness (QED) is 0.561. The first-order chi connectivity index (χ1) is 15.5. The van der Waals surface area contributed by atoms with Gasteiger partial charge in [0.15, 0.2) is 5.82 Å². The van der Waals surface area contributed by atoms with Gasteiger partial charge in [-0.2, -0.15) is 0 Å². The zero-order valence-corrected chi connectivity index (χ0v) is 18.8. The molecule has 0 radical (unpaired) electrons. The molecule has 1 fully saturated rings. The van der Waals surface area contributed by atoms with Crippen LogP contribution in [-0.4, -0.2) is 36.1 Å². The van der Waals surface area contributed by atoms with Crippen LogP contribution in [0.15, 0.2) is 54.9 Å². The van der Waals surface area contributed by atoms with E-state index in [0.29, 0.717) is 59.8 Å². The largest absolute Gasteiger partial charge is 0.495 e. The summed E-state index contributed by atoms with van der Waals surface area (Å²) < 4.78 is 11.1. The molecule has 1 amide bonds. The molecule has 1 N–H and O–H groups in total. The number of hydrogen-bond acceptors (Lipinski definition) is 6. The number of benzene rings is 2. The van der Waals surface area contributed by atoms with Crippen LogP contribution in [-0.2, 0) is 4.79 Å². The fourth-order valence-corrected chi connectivity index (χ4v) is 3.92. The average molecular weight is 453 g/mol. The van der Waals surface area contributed by atoms with Gasteiger partial charge in [-0.25, -0.2) is 9.97 Å². The van der Waals surface area contributed by atoms with Gasteiger partial charge in [0, 0.05) is 37.1 Å². The number of rotatable bonds is 6. The number of nitrogens with one attached hydrogen (secondary N) is 1. The number of hydrogen-bond donors (Lipinski definition) is 1. The van der Waals surface area contributed by atoms with E-state index in [0.717, 1.165) is 5.56 Å². The second-order valence-electron chi connectivity index (χ2n) is 7.70. The fourth-order valence-electron chi connectivity index (χ4n) is 3.67. The molecule has 0 unspecified atom stereocenters. The summed E-state index contributed by atoms with van der Waals surface area (Å²) in [6.07, 6.45) is 4.68. The Morgan fingerprint density at radius 3 is 2.50 bits per heavy atom. The minimum absolute atomic E-state index is 0.0128. The van der Waals surface area contributed by atoms with Crippen molar-refractivity contribution in [2.45, 2.75) is 19.8 Å². The number of halogens is 1. The molecule has 7 nitrogen and oxygen atoms in total. The summed E-state index contributed by atoms with van der Waals surface area (Å²) in [5, 5.41) is 3.42. The number of amides is 1. The summed E-state index contributed by atoms with van der Waals surface area (Å²) in [6.45, 7) is 3.40. The van der Waals surface area contributed by atoms with Crippen LogP contribution < -0.4 is 19.7 Å². The molecule has 0 aliphatic carbocycles. The molecule has 1 aliphatic heterocycles. The van der Waals surface area contributed by atoms with E-state index in [1.165, 1.54) is 0 Å². The number of aromatic nitrogens is 2. The van der Waals surface area contributed by atoms with Crippen LogP contribution in [0.25, 0.3) is 0 Å². The predicted octanol–water partition coefficient (Wildman–Crippen LogP) is 5.09. The number of aryl methyl sites for hydroxylation is 1. The van der Waals surface area contributed by atoms with Gasteiger partial charge in [0.2, 0.25) is 5.91 Å². The van der Waals surface area contributed by atoms with Crippen LogP contribution in [0.3, 0.4) is 0 Å². The molecule has 3 aromatic rings. The molecule has 2 aromatic carbocycles. The molecule has 8 heteroatoms. The van der Waals surface area contributed by atoms with Crippen molar-refractivity contribution < 1.29 is 14.3 Å². The number of ether oxygens (including phenoxy) is 2. The lowest BCUT2D eigenvalue weighted by Crippen LogP contribution is -2.38. The standard InChI is InChI=1S/C24H25ClN4O3/c1-16-3-6-19(7-4-16)32-24-22(26-11-12-27-24)29-13-9-17(10-14-29)23(30)28-18-5-8-21(31-2)20(25)15-18/h3-8,11-12,15,17H,9-10,13-14H2,1-2H3,(H,28,30). The van der Waals surface area contributed by atoms with Crippen molar-refractivity contribution in [3.05, 3.63) is 65.4 Å². The van der Waals surface area contributed by atoms with Gasteiger partial charge in [-0.05, 0) is 50.1 Å². The Hall–Kier alpha value is -3.32. The molecular formula is C24H25ClN4O3. The van der Waals surface area contributed by atoms with Crippen LogP contribution in [0.1, 0.15) is 18.4 Å². The minimum atomic E-state index is -0.0923. The molecule has 0 bridgehead atoms. The van der Waals surface area contributed by atoms with Gasteiger partial charge in [0.1, 0.15) is 11.5 Å². The Balaban J connectivity index is 1.38. The molecule has 32 heavy (non-hydrogen) atoms. The van der Waals surface area contributed by atoms with E-state index < -0.39 is 0 Å². The number of nitrogens with zero attached hydrogens (tertiary/aromatic N) is 3. The van der Waals surface area contributed by atoms with Crippen LogP contribution in [0.4, 0.5) is 11.5 Å². The van der Waals surface area contributed by atoms with E-state index in [-0.39, 0.29) is 11.8 Å². The fraction of sp³-hybridized carbons (Fsp3) is 0.292. The molecule has 4 rings (SSSR count). The Morgan fingerprint density at radius 1 is 1.09 bits per heavy atom. The minimum Gasteiger partial charge on any atom is -0.495 e. The highest BCUT2D eigenvalue weighted by molar-refractivity contribution is 6.32. The molecule has 166 valence electrons. The molecule has 2 heterocycles. The van der Waals surface area contributed by atoms with E-state index in [2.05, 4.69) is 20.2 Å². The Bertz CT molecular complexity index is 1080. The maximum atomic E-state index is 12.8. The van der Waals surface area contributed by atoms with Crippen LogP contribution >= 0.6 is 11.6 Å². The van der Waals surface area contributed by atoms with Gasteiger partial charge in [-0.3, -0.25) is 4.79 Å². The maximum Gasteiger partial charge on any atom is 0.263 e. The second kappa shape index (κ2) is 9.87. The molecule has 0 saturated carbocycles. The maximum absolute atomic E-state index is 12.8. The number of methoxy groups -OCH3 is 1. The Morgan fingerprint density at radius 2 is 1.81 bits per heavy atom. The van der Waals surface area contributed by atoms with Gasteiger partial charge < -0.3 is 19.7 Å². The summed E-state index contributed by atoms with van der Waals surface area (Å²) >= 11 is 6.16. The second-order valence-corrected chi connectivity index (χ2v) is 8.11. The third-order valence-corrected chi connectivity index (χ3v) is 5.76. The highest BCUT2D eigenvalue weighted by atomic mass is 35.5. The van der Waals surface area contributed by atoms with E-state index in [1.807, 2.05) is 31.2 Å². The average Bonchev–Trinajstić information content (AvgIpc) is 2.81. The monoisotopic (exact) mass is 452 g/mol. The van der Waals surface area contributed by atoms with E-state index in [9.17, 15) is 4.79 Å². The van der Waals surface area contributed by atoms with Gasteiger partial charge in [-0.15, -0.1) is 0 Å². The lowest BCUT2D eigenvalue weighted by Gasteiger charge is -2.32. The SMILES string of the molecule is COc1ccc(NC(=O)C2CCN(c3nccnc3Oc3ccc(C)cc3)CC2)cc1Cl. The Kier molecular flexibility index (Phi) is 6.75. The third-order valence-electron chi connectivity index (χ3n) is 5.47. The number of carbonyl (C=O) groups excluding carboxylic acids is 1. The van der Waals surface area contributed by atoms with Crippen molar-refractivity contribution in [2.75, 3.05) is 30.4 Å². The molecule has 0 atom stereocenters. The Labute approximate surface area is 192 Å². The van der Waals surface area contributed by atoms with Crippen molar-refractivity contribution in [3.8, 4) is 17.4 Å². The molecular weight excluding hydrogens is 428 g/mol. The van der Waals surface area contributed by atoms with E-state index in [4.69, 9.17) is 21.1 Å². The summed E-state index contributed by atoms with van der Waals surface area (Å²) in [5.41, 5.74) is 1.82. The smallest absolute Gasteiger partial charge is 0.263 e. The summed E-state index contributed by atoms with van der Waals surface area (Å²) in [6, 6.07) is 13.0. The van der Waals surface area contributed by atoms with Gasteiger partial charge in [0.25, 0.3) is 5.88 Å². The predicted molar refractivity (Wildman–Crippen MR) is 125 cm³/mol. The number of anilines is 2. The van der Waals surface area contributed by atoms with Crippen molar-refractivity contribution in [3.63, 3.8) is 0 Å².